The van der Waals surface area contributed by atoms with Crippen molar-refractivity contribution in [2.75, 3.05) is 13.1 Å². The number of carbonyl (C=O) groups excluding carboxylic acids is 1. The van der Waals surface area contributed by atoms with E-state index in [4.69, 9.17) is 0 Å². The molecule has 0 bridgehead atoms. The molecule has 150 valence electrons. The summed E-state index contributed by atoms with van der Waals surface area (Å²) in [6.07, 6.45) is -2.79. The summed E-state index contributed by atoms with van der Waals surface area (Å²) in [5, 5.41) is 3.09. The molecule has 0 spiro atoms. The molecule has 0 radical (unpaired) electrons. The van der Waals surface area contributed by atoms with Gasteiger partial charge in [0.1, 0.15) is 0 Å². The van der Waals surface area contributed by atoms with Gasteiger partial charge in [-0.05, 0) is 56.1 Å². The van der Waals surface area contributed by atoms with Gasteiger partial charge in [-0.1, -0.05) is 42.5 Å². The van der Waals surface area contributed by atoms with Crippen LogP contribution in [0, 0.1) is 5.92 Å². The fourth-order valence-corrected chi connectivity index (χ4v) is 3.57. The monoisotopic (exact) mass is 390 g/mol. The predicted octanol–water partition coefficient (Wildman–Crippen LogP) is 4.79. The van der Waals surface area contributed by atoms with Crippen molar-refractivity contribution in [3.05, 3.63) is 71.3 Å². The fraction of sp³-hybridized carbons (Fsp3) is 0.409. The lowest BCUT2D eigenvalue weighted by Gasteiger charge is -2.32. The molecular weight excluding hydrogens is 365 g/mol. The summed E-state index contributed by atoms with van der Waals surface area (Å²) in [5.41, 5.74) is 1.31. The van der Waals surface area contributed by atoms with Gasteiger partial charge in [0, 0.05) is 12.5 Å². The Bertz CT molecular complexity index is 767. The highest BCUT2D eigenvalue weighted by Crippen LogP contribution is 2.29. The number of likely N-dealkylation sites (tertiary alicyclic amines) is 1. The Morgan fingerprint density at radius 3 is 2.25 bits per heavy atom. The lowest BCUT2D eigenvalue weighted by molar-refractivity contribution is -0.137. The molecule has 1 heterocycles. The predicted molar refractivity (Wildman–Crippen MR) is 102 cm³/mol. The van der Waals surface area contributed by atoms with Gasteiger partial charge < -0.3 is 5.32 Å². The molecule has 1 atom stereocenters. The first kappa shape index (κ1) is 20.4. The summed E-state index contributed by atoms with van der Waals surface area (Å²) in [6.45, 7) is 4.11. The Labute approximate surface area is 163 Å². The average Bonchev–Trinajstić information content (AvgIpc) is 2.69. The van der Waals surface area contributed by atoms with Crippen LogP contribution in [0.1, 0.15) is 42.5 Å². The van der Waals surface area contributed by atoms with Crippen LogP contribution >= 0.6 is 0 Å². The van der Waals surface area contributed by atoms with E-state index in [0.717, 1.165) is 49.2 Å². The van der Waals surface area contributed by atoms with Crippen LogP contribution < -0.4 is 5.32 Å². The molecule has 0 aromatic heterocycles. The van der Waals surface area contributed by atoms with Crippen LogP contribution in [0.4, 0.5) is 13.2 Å². The minimum atomic E-state index is -4.30. The minimum Gasteiger partial charge on any atom is -0.349 e. The van der Waals surface area contributed by atoms with Gasteiger partial charge in [0.15, 0.2) is 0 Å². The Hall–Kier alpha value is -2.34. The van der Waals surface area contributed by atoms with Crippen LogP contribution in [0.5, 0.6) is 0 Å². The molecule has 3 rings (SSSR count). The first-order valence-electron chi connectivity index (χ1n) is 9.57. The molecule has 1 amide bonds. The van der Waals surface area contributed by atoms with Gasteiger partial charge in [-0.2, -0.15) is 13.2 Å². The highest BCUT2D eigenvalue weighted by Gasteiger charge is 2.30. The number of hydrogen-bond acceptors (Lipinski definition) is 2. The maximum absolute atomic E-state index is 12.6. The van der Waals surface area contributed by atoms with Gasteiger partial charge >= 0.3 is 6.18 Å². The van der Waals surface area contributed by atoms with E-state index in [2.05, 4.69) is 10.2 Å². The second kappa shape index (κ2) is 8.78. The van der Waals surface area contributed by atoms with Crippen LogP contribution in [0.25, 0.3) is 0 Å². The van der Waals surface area contributed by atoms with Gasteiger partial charge in [-0.25, -0.2) is 0 Å². The molecule has 1 aliphatic heterocycles. The summed E-state index contributed by atoms with van der Waals surface area (Å²) in [6, 6.07) is 15.1. The van der Waals surface area contributed by atoms with Crippen LogP contribution in [0.3, 0.4) is 0 Å². The third kappa shape index (κ3) is 5.35. The number of rotatable bonds is 5. The van der Waals surface area contributed by atoms with E-state index in [1.54, 1.807) is 0 Å². The lowest BCUT2D eigenvalue weighted by atomic mass is 9.94. The van der Waals surface area contributed by atoms with Gasteiger partial charge in [0.25, 0.3) is 0 Å². The number of amides is 1. The summed E-state index contributed by atoms with van der Waals surface area (Å²) in [4.78, 5) is 14.7. The molecule has 28 heavy (non-hydrogen) atoms. The molecular formula is C22H25F3N2O. The minimum absolute atomic E-state index is 0.0185. The third-order valence-corrected chi connectivity index (χ3v) is 5.30. The van der Waals surface area contributed by atoms with Crippen LogP contribution in [-0.2, 0) is 17.5 Å². The van der Waals surface area contributed by atoms with Crippen molar-refractivity contribution >= 4 is 5.91 Å². The zero-order valence-electron chi connectivity index (χ0n) is 15.9. The van der Waals surface area contributed by atoms with Gasteiger partial charge in [0.05, 0.1) is 11.6 Å². The number of nitrogens with one attached hydrogen (secondary N) is 1. The largest absolute Gasteiger partial charge is 0.416 e. The molecule has 6 heteroatoms. The van der Waals surface area contributed by atoms with Crippen molar-refractivity contribution in [3.8, 4) is 0 Å². The Morgan fingerprint density at radius 2 is 1.68 bits per heavy atom. The number of benzene rings is 2. The number of alkyl halides is 3. The molecule has 0 saturated carbocycles. The third-order valence-electron chi connectivity index (χ3n) is 5.30. The average molecular weight is 390 g/mol. The van der Waals surface area contributed by atoms with E-state index >= 15 is 0 Å². The second-order valence-electron chi connectivity index (χ2n) is 7.39. The molecule has 2 aromatic carbocycles. The number of halogens is 3. The topological polar surface area (TPSA) is 32.3 Å². The SMILES string of the molecule is CC(NC(=O)C1CCN(Cc2ccc(C(F)(F)F)cc2)CC1)c1ccccc1. The highest BCUT2D eigenvalue weighted by molar-refractivity contribution is 5.79. The molecule has 2 aromatic rings. The molecule has 3 nitrogen and oxygen atoms in total. The van der Waals surface area contributed by atoms with Gasteiger partial charge in [-0.15, -0.1) is 0 Å². The Kier molecular flexibility index (Phi) is 6.39. The van der Waals surface area contributed by atoms with Crippen LogP contribution in [-0.4, -0.2) is 23.9 Å². The molecule has 1 fully saturated rings. The van der Waals surface area contributed by atoms with E-state index in [-0.39, 0.29) is 17.9 Å². The second-order valence-corrected chi connectivity index (χ2v) is 7.39. The Balaban J connectivity index is 1.47. The van der Waals surface area contributed by atoms with E-state index in [9.17, 15) is 18.0 Å². The molecule has 1 unspecified atom stereocenters. The van der Waals surface area contributed by atoms with Crippen molar-refractivity contribution in [2.45, 2.75) is 38.5 Å². The number of piperidine rings is 1. The van der Waals surface area contributed by atoms with Crippen molar-refractivity contribution < 1.29 is 18.0 Å². The summed E-state index contributed by atoms with van der Waals surface area (Å²) >= 11 is 0. The van der Waals surface area contributed by atoms with E-state index < -0.39 is 11.7 Å². The molecule has 0 aliphatic carbocycles. The summed E-state index contributed by atoms with van der Waals surface area (Å²) in [5.74, 6) is 0.0561. The molecule has 1 N–H and O–H groups in total. The van der Waals surface area contributed by atoms with Crippen molar-refractivity contribution in [2.24, 2.45) is 5.92 Å². The number of nitrogens with zero attached hydrogens (tertiary/aromatic N) is 1. The highest BCUT2D eigenvalue weighted by atomic mass is 19.4. The first-order valence-corrected chi connectivity index (χ1v) is 9.57. The summed E-state index contributed by atoms with van der Waals surface area (Å²) in [7, 11) is 0. The quantitative estimate of drug-likeness (QED) is 0.796. The smallest absolute Gasteiger partial charge is 0.349 e. The van der Waals surface area contributed by atoms with E-state index in [1.165, 1.54) is 12.1 Å². The zero-order chi connectivity index (χ0) is 20.1. The standard InChI is InChI=1S/C22H25F3N2O/c1-16(18-5-3-2-4-6-18)26-21(28)19-11-13-27(14-12-19)15-17-7-9-20(10-8-17)22(23,24)25/h2-10,16,19H,11-15H2,1H3,(H,26,28). The number of carbonyl (C=O) groups is 1. The van der Waals surface area contributed by atoms with Crippen molar-refractivity contribution in [3.63, 3.8) is 0 Å². The Morgan fingerprint density at radius 1 is 1.07 bits per heavy atom. The van der Waals surface area contributed by atoms with E-state index in [1.807, 2.05) is 37.3 Å². The lowest BCUT2D eigenvalue weighted by Crippen LogP contribution is -2.40. The van der Waals surface area contributed by atoms with E-state index in [0.29, 0.717) is 6.54 Å². The first-order chi connectivity index (χ1) is 13.3. The van der Waals surface area contributed by atoms with Crippen molar-refractivity contribution in [1.82, 2.24) is 10.2 Å². The molecule has 1 saturated heterocycles. The maximum Gasteiger partial charge on any atom is 0.416 e. The zero-order valence-corrected chi connectivity index (χ0v) is 15.9. The summed E-state index contributed by atoms with van der Waals surface area (Å²) < 4.78 is 37.9. The van der Waals surface area contributed by atoms with Gasteiger partial charge in [-0.3, -0.25) is 9.69 Å². The molecule has 1 aliphatic rings. The fourth-order valence-electron chi connectivity index (χ4n) is 3.57. The van der Waals surface area contributed by atoms with Crippen LogP contribution in [0.2, 0.25) is 0 Å². The normalized spacial score (nSPS) is 17.3. The van der Waals surface area contributed by atoms with Crippen LogP contribution in [0.15, 0.2) is 54.6 Å². The van der Waals surface area contributed by atoms with Crippen molar-refractivity contribution in [1.29, 1.82) is 0 Å². The maximum atomic E-state index is 12.6. The number of hydrogen-bond donors (Lipinski definition) is 1. The van der Waals surface area contributed by atoms with Gasteiger partial charge in [0.2, 0.25) is 5.91 Å².